The van der Waals surface area contributed by atoms with Crippen molar-refractivity contribution < 1.29 is 0 Å². The summed E-state index contributed by atoms with van der Waals surface area (Å²) in [4.78, 5) is 2.69. The maximum absolute atomic E-state index is 6.06. The summed E-state index contributed by atoms with van der Waals surface area (Å²) in [6, 6.07) is 0. The molecule has 0 unspecified atom stereocenters. The number of hydrogen-bond acceptors (Lipinski definition) is 2. The molecule has 0 bridgehead atoms. The summed E-state index contributed by atoms with van der Waals surface area (Å²) >= 11 is 0. The molecule has 88 valence electrons. The minimum absolute atomic E-state index is 0.391. The minimum atomic E-state index is 0.391. The van der Waals surface area contributed by atoms with Gasteiger partial charge in [0.2, 0.25) is 0 Å². The van der Waals surface area contributed by atoms with E-state index in [0.717, 1.165) is 12.5 Å². The van der Waals surface area contributed by atoms with Crippen molar-refractivity contribution in [2.24, 2.45) is 11.7 Å². The van der Waals surface area contributed by atoms with Crippen molar-refractivity contribution in [2.75, 3.05) is 19.6 Å². The van der Waals surface area contributed by atoms with Crippen LogP contribution >= 0.6 is 0 Å². The smallest absolute Gasteiger partial charge is 0.0331 e. The maximum atomic E-state index is 6.06. The minimum Gasteiger partial charge on any atom is -0.329 e. The van der Waals surface area contributed by atoms with E-state index in [-0.39, 0.29) is 0 Å². The zero-order chi connectivity index (χ0) is 10.7. The zero-order valence-corrected chi connectivity index (χ0v) is 10.2. The molecule has 2 N–H and O–H groups in total. The van der Waals surface area contributed by atoms with Gasteiger partial charge >= 0.3 is 0 Å². The third-order valence-corrected chi connectivity index (χ3v) is 4.77. The molecule has 15 heavy (non-hydrogen) atoms. The largest absolute Gasteiger partial charge is 0.329 e. The molecule has 0 aromatic heterocycles. The lowest BCUT2D eigenvalue weighted by Crippen LogP contribution is -2.54. The van der Waals surface area contributed by atoms with Gasteiger partial charge in [0.1, 0.15) is 0 Å². The Morgan fingerprint density at radius 1 is 1.20 bits per heavy atom. The number of likely N-dealkylation sites (tertiary alicyclic amines) is 1. The van der Waals surface area contributed by atoms with Gasteiger partial charge in [0.05, 0.1) is 0 Å². The second kappa shape index (κ2) is 4.84. The third kappa shape index (κ3) is 2.21. The SMILES string of the molecule is CCC1CCC(CN)(N2CCCC2)CC1. The number of rotatable bonds is 3. The Balaban J connectivity index is 1.97. The average Bonchev–Trinajstić information content (AvgIpc) is 2.83. The van der Waals surface area contributed by atoms with Crippen molar-refractivity contribution >= 4 is 0 Å². The van der Waals surface area contributed by atoms with Crippen LogP contribution in [0.5, 0.6) is 0 Å². The van der Waals surface area contributed by atoms with Crippen LogP contribution in [0.2, 0.25) is 0 Å². The van der Waals surface area contributed by atoms with Gasteiger partial charge in [-0.1, -0.05) is 13.3 Å². The van der Waals surface area contributed by atoms with Crippen LogP contribution in [0.1, 0.15) is 51.9 Å². The van der Waals surface area contributed by atoms with Crippen molar-refractivity contribution in [3.05, 3.63) is 0 Å². The van der Waals surface area contributed by atoms with Gasteiger partial charge in [0, 0.05) is 12.1 Å². The van der Waals surface area contributed by atoms with Gasteiger partial charge in [-0.25, -0.2) is 0 Å². The monoisotopic (exact) mass is 210 g/mol. The molecule has 1 aliphatic carbocycles. The summed E-state index contributed by atoms with van der Waals surface area (Å²) < 4.78 is 0. The van der Waals surface area contributed by atoms with Crippen LogP contribution in [0.25, 0.3) is 0 Å². The van der Waals surface area contributed by atoms with Gasteiger partial charge in [0.15, 0.2) is 0 Å². The van der Waals surface area contributed by atoms with E-state index in [1.165, 1.54) is 58.0 Å². The van der Waals surface area contributed by atoms with Crippen LogP contribution in [0.4, 0.5) is 0 Å². The van der Waals surface area contributed by atoms with Crippen molar-refractivity contribution in [1.82, 2.24) is 4.90 Å². The van der Waals surface area contributed by atoms with E-state index in [1.54, 1.807) is 0 Å². The summed E-state index contributed by atoms with van der Waals surface area (Å²) in [5.74, 6) is 0.979. The van der Waals surface area contributed by atoms with Crippen molar-refractivity contribution in [3.8, 4) is 0 Å². The van der Waals surface area contributed by atoms with Crippen molar-refractivity contribution in [3.63, 3.8) is 0 Å². The molecule has 1 heterocycles. The van der Waals surface area contributed by atoms with Crippen LogP contribution in [-0.2, 0) is 0 Å². The molecule has 2 nitrogen and oxygen atoms in total. The summed E-state index contributed by atoms with van der Waals surface area (Å²) in [5, 5.41) is 0. The molecule has 2 rings (SSSR count). The summed E-state index contributed by atoms with van der Waals surface area (Å²) in [6.45, 7) is 5.81. The molecule has 1 saturated heterocycles. The highest BCUT2D eigenvalue weighted by Crippen LogP contribution is 2.38. The van der Waals surface area contributed by atoms with E-state index in [0.29, 0.717) is 5.54 Å². The molecule has 0 radical (unpaired) electrons. The molecule has 0 aromatic rings. The van der Waals surface area contributed by atoms with Gasteiger partial charge in [-0.05, 0) is 57.5 Å². The lowest BCUT2D eigenvalue weighted by molar-refractivity contribution is 0.0623. The van der Waals surface area contributed by atoms with E-state index in [4.69, 9.17) is 5.73 Å². The molecule has 0 aromatic carbocycles. The molecule has 0 amide bonds. The van der Waals surface area contributed by atoms with Crippen molar-refractivity contribution in [2.45, 2.75) is 57.4 Å². The van der Waals surface area contributed by atoms with Crippen LogP contribution in [0.15, 0.2) is 0 Å². The third-order valence-electron chi connectivity index (χ3n) is 4.77. The van der Waals surface area contributed by atoms with Crippen LogP contribution < -0.4 is 5.73 Å². The van der Waals surface area contributed by atoms with E-state index in [2.05, 4.69) is 11.8 Å². The maximum Gasteiger partial charge on any atom is 0.0331 e. The first-order valence-electron chi connectivity index (χ1n) is 6.76. The Morgan fingerprint density at radius 2 is 1.80 bits per heavy atom. The summed E-state index contributed by atoms with van der Waals surface area (Å²) in [7, 11) is 0. The molecule has 1 aliphatic heterocycles. The fraction of sp³-hybridized carbons (Fsp3) is 1.00. The Kier molecular flexibility index (Phi) is 3.68. The van der Waals surface area contributed by atoms with Crippen LogP contribution in [-0.4, -0.2) is 30.1 Å². The summed E-state index contributed by atoms with van der Waals surface area (Å²) in [5.41, 5.74) is 6.45. The first-order valence-corrected chi connectivity index (χ1v) is 6.76. The first-order chi connectivity index (χ1) is 7.30. The fourth-order valence-corrected chi connectivity index (χ4v) is 3.46. The van der Waals surface area contributed by atoms with Crippen molar-refractivity contribution in [1.29, 1.82) is 0 Å². The van der Waals surface area contributed by atoms with E-state index in [1.807, 2.05) is 0 Å². The number of hydrogen-bond donors (Lipinski definition) is 1. The van der Waals surface area contributed by atoms with E-state index in [9.17, 15) is 0 Å². The highest BCUT2D eigenvalue weighted by Gasteiger charge is 2.39. The number of nitrogens with zero attached hydrogens (tertiary/aromatic N) is 1. The topological polar surface area (TPSA) is 29.3 Å². The fourth-order valence-electron chi connectivity index (χ4n) is 3.46. The van der Waals surface area contributed by atoms with Gasteiger partial charge in [0.25, 0.3) is 0 Å². The van der Waals surface area contributed by atoms with Crippen LogP contribution in [0, 0.1) is 5.92 Å². The summed E-state index contributed by atoms with van der Waals surface area (Å²) in [6.07, 6.45) is 9.65. The second-order valence-corrected chi connectivity index (χ2v) is 5.47. The highest BCUT2D eigenvalue weighted by atomic mass is 15.2. The molecule has 2 heteroatoms. The lowest BCUT2D eigenvalue weighted by Gasteiger charge is -2.46. The van der Waals surface area contributed by atoms with Gasteiger partial charge in [-0.3, -0.25) is 4.90 Å². The lowest BCUT2D eigenvalue weighted by atomic mass is 9.74. The van der Waals surface area contributed by atoms with Gasteiger partial charge in [-0.15, -0.1) is 0 Å². The standard InChI is InChI=1S/C13H26N2/c1-2-12-5-7-13(11-14,8-6-12)15-9-3-4-10-15/h12H,2-11,14H2,1H3. The Hall–Kier alpha value is -0.0800. The Morgan fingerprint density at radius 3 is 2.27 bits per heavy atom. The number of nitrogens with two attached hydrogens (primary N) is 1. The van der Waals surface area contributed by atoms with Crippen LogP contribution in [0.3, 0.4) is 0 Å². The molecule has 1 saturated carbocycles. The quantitative estimate of drug-likeness (QED) is 0.775. The highest BCUT2D eigenvalue weighted by molar-refractivity contribution is 4.97. The molecule has 2 fully saturated rings. The first kappa shape index (κ1) is 11.4. The molecule has 0 spiro atoms. The predicted octanol–water partition coefficient (Wildman–Crippen LogP) is 2.38. The Labute approximate surface area is 94.2 Å². The molecular weight excluding hydrogens is 184 g/mol. The van der Waals surface area contributed by atoms with Gasteiger partial charge < -0.3 is 5.73 Å². The molecule has 2 aliphatic rings. The van der Waals surface area contributed by atoms with E-state index < -0.39 is 0 Å². The zero-order valence-electron chi connectivity index (χ0n) is 10.2. The normalized spacial score (nSPS) is 38.4. The molecule has 0 atom stereocenters. The molecular formula is C13H26N2. The second-order valence-electron chi connectivity index (χ2n) is 5.47. The van der Waals surface area contributed by atoms with Gasteiger partial charge in [-0.2, -0.15) is 0 Å². The average molecular weight is 210 g/mol. The Bertz CT molecular complexity index is 189. The van der Waals surface area contributed by atoms with E-state index >= 15 is 0 Å². The predicted molar refractivity (Wildman–Crippen MR) is 64.8 cm³/mol.